The van der Waals surface area contributed by atoms with Gasteiger partial charge >= 0.3 is 12.4 Å². The zero-order valence-electron chi connectivity index (χ0n) is 20.8. The Bertz CT molecular complexity index is 972. The first-order valence-electron chi connectivity index (χ1n) is 12.9. The highest BCUT2D eigenvalue weighted by atomic mass is 19.4. The predicted molar refractivity (Wildman–Crippen MR) is 128 cm³/mol. The van der Waals surface area contributed by atoms with Crippen molar-refractivity contribution >= 4 is 0 Å². The third-order valence-corrected chi connectivity index (χ3v) is 7.44. The van der Waals surface area contributed by atoms with E-state index < -0.39 is 35.9 Å². The van der Waals surface area contributed by atoms with Crippen molar-refractivity contribution < 1.29 is 35.8 Å². The standard InChI is InChI=1S/C28H33F6NO2/c1-19(22-16-23(27(29,30)31)18-24(17-22)28(32,33)34)37-26-25(20-8-4-2-5-9-20)21(11-15-36-26)10-14-35-12-6-3-7-13-35/h2,4-5,8-9,16-19,21,25-26H,3,6-7,10-15H2,1H3/t19-,21+,25-,26-/m1/s1. The molecule has 0 radical (unpaired) electrons. The van der Waals surface area contributed by atoms with Crippen LogP contribution >= 0.6 is 0 Å². The number of benzene rings is 2. The van der Waals surface area contributed by atoms with E-state index >= 15 is 0 Å². The van der Waals surface area contributed by atoms with Crippen molar-refractivity contribution in [3.05, 3.63) is 70.8 Å². The molecule has 0 amide bonds. The summed E-state index contributed by atoms with van der Waals surface area (Å²) in [5, 5.41) is 0. The molecule has 0 unspecified atom stereocenters. The number of alkyl halides is 6. The fourth-order valence-corrected chi connectivity index (χ4v) is 5.42. The van der Waals surface area contributed by atoms with Crippen LogP contribution in [0.3, 0.4) is 0 Å². The van der Waals surface area contributed by atoms with Gasteiger partial charge in [0.2, 0.25) is 0 Å². The Labute approximate surface area is 213 Å². The summed E-state index contributed by atoms with van der Waals surface area (Å²) in [6, 6.07) is 11.3. The van der Waals surface area contributed by atoms with E-state index in [9.17, 15) is 26.3 Å². The fraction of sp³-hybridized carbons (Fsp3) is 0.571. The Kier molecular flexibility index (Phi) is 8.86. The van der Waals surface area contributed by atoms with Crippen molar-refractivity contribution in [1.82, 2.24) is 4.90 Å². The highest BCUT2D eigenvalue weighted by Gasteiger charge is 2.40. The molecule has 0 spiro atoms. The van der Waals surface area contributed by atoms with Gasteiger partial charge in [-0.15, -0.1) is 0 Å². The second-order valence-electron chi connectivity index (χ2n) is 10.0. The SMILES string of the molecule is C[C@@H](O[C@H]1OCC[C@H](CCN2CCCCC2)[C@H]1c1ccccc1)c1cc(C(F)(F)F)cc(C(F)(F)F)c1. The van der Waals surface area contributed by atoms with Crippen LogP contribution in [0.1, 0.15) is 73.3 Å². The summed E-state index contributed by atoms with van der Waals surface area (Å²) in [6.45, 7) is 4.99. The molecule has 2 aromatic carbocycles. The minimum atomic E-state index is -4.91. The Morgan fingerprint density at radius 3 is 2.14 bits per heavy atom. The number of nitrogens with zero attached hydrogens (tertiary/aromatic N) is 1. The average Bonchev–Trinajstić information content (AvgIpc) is 2.87. The highest BCUT2D eigenvalue weighted by Crippen LogP contribution is 2.42. The van der Waals surface area contributed by atoms with Crippen molar-refractivity contribution in [2.45, 2.75) is 69.7 Å². The second-order valence-corrected chi connectivity index (χ2v) is 10.0. The molecule has 204 valence electrons. The lowest BCUT2D eigenvalue weighted by molar-refractivity contribution is -0.210. The molecule has 2 aromatic rings. The monoisotopic (exact) mass is 529 g/mol. The predicted octanol–water partition coefficient (Wildman–Crippen LogP) is 7.82. The first-order valence-corrected chi connectivity index (χ1v) is 12.9. The summed E-state index contributed by atoms with van der Waals surface area (Å²) in [6.07, 6.45) is -6.30. The summed E-state index contributed by atoms with van der Waals surface area (Å²) in [5.74, 6) is 0.0256. The van der Waals surface area contributed by atoms with Gasteiger partial charge in [-0.05, 0) is 87.5 Å². The van der Waals surface area contributed by atoms with E-state index in [1.165, 1.54) is 26.2 Å². The number of likely N-dealkylation sites (tertiary alicyclic amines) is 1. The maximum absolute atomic E-state index is 13.4. The molecular weight excluding hydrogens is 496 g/mol. The first-order chi connectivity index (χ1) is 17.5. The van der Waals surface area contributed by atoms with E-state index in [4.69, 9.17) is 9.47 Å². The van der Waals surface area contributed by atoms with Gasteiger partial charge in [0.1, 0.15) is 0 Å². The molecule has 3 nitrogen and oxygen atoms in total. The molecule has 0 saturated carbocycles. The Morgan fingerprint density at radius 1 is 0.919 bits per heavy atom. The van der Waals surface area contributed by atoms with Crippen LogP contribution in [0.4, 0.5) is 26.3 Å². The van der Waals surface area contributed by atoms with Crippen molar-refractivity contribution in [3.63, 3.8) is 0 Å². The quantitative estimate of drug-likeness (QED) is 0.341. The van der Waals surface area contributed by atoms with Crippen LogP contribution in [-0.4, -0.2) is 37.4 Å². The molecule has 2 aliphatic rings. The van der Waals surface area contributed by atoms with Crippen LogP contribution < -0.4 is 0 Å². The van der Waals surface area contributed by atoms with Gasteiger partial charge in [-0.1, -0.05) is 36.8 Å². The van der Waals surface area contributed by atoms with Crippen LogP contribution in [0.5, 0.6) is 0 Å². The van der Waals surface area contributed by atoms with E-state index in [2.05, 4.69) is 4.90 Å². The molecule has 0 aliphatic carbocycles. The number of halogens is 6. The molecule has 0 N–H and O–H groups in total. The molecule has 2 aliphatic heterocycles. The molecule has 2 heterocycles. The number of piperidine rings is 1. The molecule has 2 fully saturated rings. The van der Waals surface area contributed by atoms with Crippen molar-refractivity contribution in [3.8, 4) is 0 Å². The molecule has 0 aromatic heterocycles. The number of rotatable bonds is 7. The average molecular weight is 530 g/mol. The topological polar surface area (TPSA) is 21.7 Å². The van der Waals surface area contributed by atoms with Gasteiger partial charge in [0.15, 0.2) is 6.29 Å². The number of hydrogen-bond acceptors (Lipinski definition) is 3. The molecular formula is C28H33F6NO2. The van der Waals surface area contributed by atoms with E-state index in [1.54, 1.807) is 0 Å². The zero-order valence-corrected chi connectivity index (χ0v) is 20.8. The third-order valence-electron chi connectivity index (χ3n) is 7.44. The van der Waals surface area contributed by atoms with Gasteiger partial charge in [0.05, 0.1) is 23.8 Å². The minimum Gasteiger partial charge on any atom is -0.352 e. The normalized spacial score (nSPS) is 24.7. The van der Waals surface area contributed by atoms with Crippen LogP contribution in [0.15, 0.2) is 48.5 Å². The largest absolute Gasteiger partial charge is 0.416 e. The molecule has 4 rings (SSSR count). The lowest BCUT2D eigenvalue weighted by atomic mass is 9.79. The molecule has 37 heavy (non-hydrogen) atoms. The van der Waals surface area contributed by atoms with Gasteiger partial charge in [-0.2, -0.15) is 26.3 Å². The number of ether oxygens (including phenoxy) is 2. The summed E-state index contributed by atoms with van der Waals surface area (Å²) in [4.78, 5) is 2.46. The summed E-state index contributed by atoms with van der Waals surface area (Å²) < 4.78 is 92.5. The number of hydrogen-bond donors (Lipinski definition) is 0. The molecule has 0 bridgehead atoms. The summed E-state index contributed by atoms with van der Waals surface area (Å²) in [7, 11) is 0. The van der Waals surface area contributed by atoms with Crippen molar-refractivity contribution in [2.24, 2.45) is 5.92 Å². The molecule has 9 heteroatoms. The first kappa shape index (κ1) is 27.9. The summed E-state index contributed by atoms with van der Waals surface area (Å²) in [5.41, 5.74) is -1.90. The van der Waals surface area contributed by atoms with Crippen LogP contribution in [0.25, 0.3) is 0 Å². The molecule has 4 atom stereocenters. The summed E-state index contributed by atoms with van der Waals surface area (Å²) >= 11 is 0. The maximum Gasteiger partial charge on any atom is 0.416 e. The van der Waals surface area contributed by atoms with Crippen LogP contribution in [0, 0.1) is 5.92 Å². The Morgan fingerprint density at radius 2 is 1.54 bits per heavy atom. The van der Waals surface area contributed by atoms with Gasteiger partial charge in [0.25, 0.3) is 0 Å². The Balaban J connectivity index is 1.57. The van der Waals surface area contributed by atoms with E-state index in [0.29, 0.717) is 6.61 Å². The fourth-order valence-electron chi connectivity index (χ4n) is 5.42. The van der Waals surface area contributed by atoms with E-state index in [-0.39, 0.29) is 23.5 Å². The van der Waals surface area contributed by atoms with E-state index in [0.717, 1.165) is 50.2 Å². The second kappa shape index (κ2) is 11.7. The van der Waals surface area contributed by atoms with E-state index in [1.807, 2.05) is 30.3 Å². The van der Waals surface area contributed by atoms with Gasteiger partial charge in [0, 0.05) is 5.92 Å². The van der Waals surface area contributed by atoms with Crippen molar-refractivity contribution in [1.29, 1.82) is 0 Å². The van der Waals surface area contributed by atoms with Gasteiger partial charge in [-0.25, -0.2) is 0 Å². The third kappa shape index (κ3) is 7.27. The minimum absolute atomic E-state index is 0.136. The van der Waals surface area contributed by atoms with Gasteiger partial charge < -0.3 is 14.4 Å². The maximum atomic E-state index is 13.4. The molecule has 2 saturated heterocycles. The smallest absolute Gasteiger partial charge is 0.352 e. The Hall–Kier alpha value is -2.10. The lowest BCUT2D eigenvalue weighted by Gasteiger charge is -2.40. The van der Waals surface area contributed by atoms with Gasteiger partial charge in [-0.3, -0.25) is 0 Å². The van der Waals surface area contributed by atoms with Crippen molar-refractivity contribution in [2.75, 3.05) is 26.2 Å². The van der Waals surface area contributed by atoms with Crippen LogP contribution in [0.2, 0.25) is 0 Å². The zero-order chi connectivity index (χ0) is 26.6. The van der Waals surface area contributed by atoms with Crippen LogP contribution in [-0.2, 0) is 21.8 Å². The highest BCUT2D eigenvalue weighted by molar-refractivity contribution is 5.34. The lowest BCUT2D eigenvalue weighted by Crippen LogP contribution is -2.39.